The molecule has 0 fully saturated rings. The number of benzene rings is 1. The molecule has 0 radical (unpaired) electrons. The third kappa shape index (κ3) is 2.49. The molecule has 0 spiro atoms. The van der Waals surface area contributed by atoms with Crippen molar-refractivity contribution in [1.82, 2.24) is 19.7 Å². The van der Waals surface area contributed by atoms with Crippen LogP contribution in [0.25, 0.3) is 11.3 Å². The molecule has 0 aliphatic carbocycles. The Morgan fingerprint density at radius 1 is 1.21 bits per heavy atom. The number of hydrogen-bond donors (Lipinski definition) is 2. The Labute approximate surface area is 111 Å². The number of imidazole rings is 1. The first-order valence-corrected chi connectivity index (χ1v) is 6.12. The predicted octanol–water partition coefficient (Wildman–Crippen LogP) is 2.42. The third-order valence-electron chi connectivity index (χ3n) is 3.09. The largest absolute Gasteiger partial charge is 0.379 e. The van der Waals surface area contributed by atoms with Crippen LogP contribution in [0.2, 0.25) is 0 Å². The monoisotopic (exact) mass is 253 g/mol. The number of aryl methyl sites for hydroxylation is 1. The molecular weight excluding hydrogens is 238 g/mol. The van der Waals surface area contributed by atoms with Crippen molar-refractivity contribution < 1.29 is 0 Å². The van der Waals surface area contributed by atoms with E-state index in [9.17, 15) is 0 Å². The van der Waals surface area contributed by atoms with Crippen molar-refractivity contribution in [2.45, 2.75) is 6.54 Å². The van der Waals surface area contributed by atoms with Crippen LogP contribution in [0.5, 0.6) is 0 Å². The van der Waals surface area contributed by atoms with E-state index in [1.165, 1.54) is 0 Å². The first-order chi connectivity index (χ1) is 9.33. The van der Waals surface area contributed by atoms with Gasteiger partial charge >= 0.3 is 0 Å². The summed E-state index contributed by atoms with van der Waals surface area (Å²) in [6, 6.07) is 10.3. The smallest absolute Gasteiger partial charge is 0.0924 e. The highest BCUT2D eigenvalue weighted by molar-refractivity contribution is 5.61. The van der Waals surface area contributed by atoms with Crippen LogP contribution in [-0.2, 0) is 13.6 Å². The van der Waals surface area contributed by atoms with Crippen LogP contribution in [-0.4, -0.2) is 19.7 Å². The van der Waals surface area contributed by atoms with E-state index in [1.54, 1.807) is 12.5 Å². The van der Waals surface area contributed by atoms with Gasteiger partial charge in [0.2, 0.25) is 0 Å². The van der Waals surface area contributed by atoms with Crippen molar-refractivity contribution in [1.29, 1.82) is 0 Å². The first-order valence-electron chi connectivity index (χ1n) is 6.12. The van der Waals surface area contributed by atoms with E-state index in [1.807, 2.05) is 24.0 Å². The molecule has 5 nitrogen and oxygen atoms in total. The Balaban J connectivity index is 1.68. The fraction of sp³-hybridized carbons (Fsp3) is 0.143. The van der Waals surface area contributed by atoms with Gasteiger partial charge in [0.1, 0.15) is 0 Å². The SMILES string of the molecule is Cn1nccc1CNc1ccc(-c2cnc[nH]2)cc1. The summed E-state index contributed by atoms with van der Waals surface area (Å²) in [5.74, 6) is 0. The summed E-state index contributed by atoms with van der Waals surface area (Å²) < 4.78 is 1.87. The number of aromatic nitrogens is 4. The minimum Gasteiger partial charge on any atom is -0.379 e. The molecule has 19 heavy (non-hydrogen) atoms. The second kappa shape index (κ2) is 4.97. The molecule has 0 atom stereocenters. The van der Waals surface area contributed by atoms with Crippen LogP contribution < -0.4 is 5.32 Å². The summed E-state index contributed by atoms with van der Waals surface area (Å²) in [5, 5.41) is 7.52. The number of anilines is 1. The van der Waals surface area contributed by atoms with E-state index in [0.717, 1.165) is 29.2 Å². The maximum absolute atomic E-state index is 4.14. The Morgan fingerprint density at radius 2 is 2.05 bits per heavy atom. The summed E-state index contributed by atoms with van der Waals surface area (Å²) in [6.07, 6.45) is 5.31. The van der Waals surface area contributed by atoms with Gasteiger partial charge in [-0.05, 0) is 23.8 Å². The molecule has 3 rings (SSSR count). The normalized spacial score (nSPS) is 10.6. The Morgan fingerprint density at radius 3 is 2.68 bits per heavy atom. The zero-order valence-corrected chi connectivity index (χ0v) is 10.7. The molecular formula is C14H15N5. The molecule has 2 heterocycles. The summed E-state index contributed by atoms with van der Waals surface area (Å²) >= 11 is 0. The highest BCUT2D eigenvalue weighted by atomic mass is 15.3. The number of hydrogen-bond acceptors (Lipinski definition) is 3. The zero-order chi connectivity index (χ0) is 13.1. The fourth-order valence-corrected chi connectivity index (χ4v) is 1.95. The van der Waals surface area contributed by atoms with Gasteiger partial charge in [-0.3, -0.25) is 4.68 Å². The van der Waals surface area contributed by atoms with E-state index in [0.29, 0.717) is 0 Å². The standard InChI is InChI=1S/C14H15N5/c1-19-13(6-7-18-19)8-16-12-4-2-11(3-5-12)14-9-15-10-17-14/h2-7,9-10,16H,8H2,1H3,(H,15,17). The van der Waals surface area contributed by atoms with Crippen molar-refractivity contribution in [2.24, 2.45) is 7.05 Å². The molecule has 0 aliphatic rings. The lowest BCUT2D eigenvalue weighted by Gasteiger charge is -2.07. The van der Waals surface area contributed by atoms with Gasteiger partial charge in [-0.2, -0.15) is 5.10 Å². The lowest BCUT2D eigenvalue weighted by Crippen LogP contribution is -2.05. The Bertz CT molecular complexity index is 637. The highest BCUT2D eigenvalue weighted by Gasteiger charge is 2.00. The van der Waals surface area contributed by atoms with Crippen molar-refractivity contribution in [3.8, 4) is 11.3 Å². The van der Waals surface area contributed by atoms with Gasteiger partial charge in [0.05, 0.1) is 30.5 Å². The van der Waals surface area contributed by atoms with Gasteiger partial charge in [-0.15, -0.1) is 0 Å². The van der Waals surface area contributed by atoms with Crippen molar-refractivity contribution >= 4 is 5.69 Å². The van der Waals surface area contributed by atoms with E-state index < -0.39 is 0 Å². The molecule has 2 aromatic heterocycles. The van der Waals surface area contributed by atoms with Gasteiger partial charge in [0.15, 0.2) is 0 Å². The topological polar surface area (TPSA) is 58.5 Å². The summed E-state index contributed by atoms with van der Waals surface area (Å²) in [7, 11) is 1.94. The average molecular weight is 253 g/mol. The lowest BCUT2D eigenvalue weighted by atomic mass is 10.1. The molecule has 0 bridgehead atoms. The molecule has 0 aliphatic heterocycles. The molecule has 0 amide bonds. The number of aromatic amines is 1. The van der Waals surface area contributed by atoms with Gasteiger partial charge in [-0.1, -0.05) is 12.1 Å². The number of H-pyrrole nitrogens is 1. The van der Waals surface area contributed by atoms with Crippen molar-refractivity contribution in [2.75, 3.05) is 5.32 Å². The molecule has 0 saturated carbocycles. The number of nitrogens with one attached hydrogen (secondary N) is 2. The Kier molecular flexibility index (Phi) is 3.02. The van der Waals surface area contributed by atoms with Crippen LogP contribution in [0.1, 0.15) is 5.69 Å². The molecule has 1 aromatic carbocycles. The Hall–Kier alpha value is -2.56. The summed E-state index contributed by atoms with van der Waals surface area (Å²) in [6.45, 7) is 0.764. The van der Waals surface area contributed by atoms with E-state index in [2.05, 4.69) is 44.6 Å². The van der Waals surface area contributed by atoms with Gasteiger partial charge in [0, 0.05) is 18.9 Å². The van der Waals surface area contributed by atoms with Crippen LogP contribution in [0.15, 0.2) is 49.1 Å². The summed E-state index contributed by atoms with van der Waals surface area (Å²) in [4.78, 5) is 7.11. The van der Waals surface area contributed by atoms with Crippen LogP contribution in [0.4, 0.5) is 5.69 Å². The molecule has 96 valence electrons. The average Bonchev–Trinajstić information content (AvgIpc) is 3.09. The first kappa shape index (κ1) is 11.5. The van der Waals surface area contributed by atoms with E-state index >= 15 is 0 Å². The van der Waals surface area contributed by atoms with Gasteiger partial charge < -0.3 is 10.3 Å². The number of nitrogens with zero attached hydrogens (tertiary/aromatic N) is 3. The third-order valence-corrected chi connectivity index (χ3v) is 3.09. The van der Waals surface area contributed by atoms with Crippen molar-refractivity contribution in [3.05, 3.63) is 54.7 Å². The quantitative estimate of drug-likeness (QED) is 0.750. The minimum atomic E-state index is 0.764. The lowest BCUT2D eigenvalue weighted by molar-refractivity contribution is 0.720. The minimum absolute atomic E-state index is 0.764. The van der Waals surface area contributed by atoms with E-state index in [-0.39, 0.29) is 0 Å². The second-order valence-electron chi connectivity index (χ2n) is 4.34. The summed E-state index contributed by atoms with van der Waals surface area (Å²) in [5.41, 5.74) is 4.39. The van der Waals surface area contributed by atoms with Gasteiger partial charge in [-0.25, -0.2) is 4.98 Å². The maximum atomic E-state index is 4.14. The second-order valence-corrected chi connectivity index (χ2v) is 4.34. The zero-order valence-electron chi connectivity index (χ0n) is 10.7. The molecule has 3 aromatic rings. The molecule has 0 saturated heterocycles. The molecule has 0 unspecified atom stereocenters. The predicted molar refractivity (Wildman–Crippen MR) is 74.6 cm³/mol. The van der Waals surface area contributed by atoms with Crippen LogP contribution in [0, 0.1) is 0 Å². The van der Waals surface area contributed by atoms with Crippen LogP contribution in [0.3, 0.4) is 0 Å². The molecule has 5 heteroatoms. The highest BCUT2D eigenvalue weighted by Crippen LogP contribution is 2.19. The van der Waals surface area contributed by atoms with Gasteiger partial charge in [0.25, 0.3) is 0 Å². The molecule has 2 N–H and O–H groups in total. The number of rotatable bonds is 4. The van der Waals surface area contributed by atoms with E-state index in [4.69, 9.17) is 0 Å². The fourth-order valence-electron chi connectivity index (χ4n) is 1.95. The van der Waals surface area contributed by atoms with Crippen LogP contribution >= 0.6 is 0 Å². The maximum Gasteiger partial charge on any atom is 0.0924 e. The van der Waals surface area contributed by atoms with Crippen molar-refractivity contribution in [3.63, 3.8) is 0 Å².